The van der Waals surface area contributed by atoms with Gasteiger partial charge >= 0.3 is 0 Å². The maximum Gasteiger partial charge on any atom is 0.225 e. The van der Waals surface area contributed by atoms with Crippen molar-refractivity contribution in [2.75, 3.05) is 26.2 Å². The van der Waals surface area contributed by atoms with Crippen molar-refractivity contribution in [2.45, 2.75) is 19.4 Å². The van der Waals surface area contributed by atoms with Gasteiger partial charge in [0.05, 0.1) is 6.54 Å². The van der Waals surface area contributed by atoms with Crippen molar-refractivity contribution < 1.29 is 13.6 Å². The number of rotatable bonds is 4. The number of carbonyl (C=O) groups is 1. The van der Waals surface area contributed by atoms with Crippen LogP contribution in [0.15, 0.2) is 52.9 Å². The molecule has 0 atom stereocenters. The number of piperazine rings is 1. The number of carbonyl (C=O) groups excluding carboxylic acids is 1. The van der Waals surface area contributed by atoms with Crippen LogP contribution < -0.4 is 0 Å². The van der Waals surface area contributed by atoms with E-state index in [1.54, 1.807) is 12.1 Å². The highest BCUT2D eigenvalue weighted by Crippen LogP contribution is 2.31. The maximum atomic E-state index is 13.5. The molecule has 0 unspecified atom stereocenters. The van der Waals surface area contributed by atoms with E-state index in [0.29, 0.717) is 11.8 Å². The van der Waals surface area contributed by atoms with E-state index in [4.69, 9.17) is 4.42 Å². The molecule has 1 saturated heterocycles. The Morgan fingerprint density at radius 3 is 2.54 bits per heavy atom. The van der Waals surface area contributed by atoms with Crippen molar-refractivity contribution in [2.24, 2.45) is 5.92 Å². The second kappa shape index (κ2) is 7.06. The largest absolute Gasteiger partial charge is 0.460 e. The average molecular weight is 378 g/mol. The fourth-order valence-corrected chi connectivity index (χ4v) is 3.96. The van der Waals surface area contributed by atoms with Gasteiger partial charge < -0.3 is 9.32 Å². The summed E-state index contributed by atoms with van der Waals surface area (Å²) in [5.74, 6) is 1.33. The molecular formula is C23H23FN2O2. The molecule has 0 N–H and O–H groups in total. The molecule has 28 heavy (non-hydrogen) atoms. The van der Waals surface area contributed by atoms with Crippen LogP contribution in [-0.2, 0) is 11.3 Å². The fourth-order valence-electron chi connectivity index (χ4n) is 3.96. The van der Waals surface area contributed by atoms with Gasteiger partial charge in [0.25, 0.3) is 0 Å². The first kappa shape index (κ1) is 17.4. The molecule has 2 aromatic carbocycles. The lowest BCUT2D eigenvalue weighted by molar-refractivity contribution is -0.134. The molecule has 2 aliphatic rings. The summed E-state index contributed by atoms with van der Waals surface area (Å²) >= 11 is 0. The van der Waals surface area contributed by atoms with Crippen LogP contribution in [0.25, 0.3) is 22.1 Å². The molecule has 1 aliphatic carbocycles. The molecule has 1 amide bonds. The normalized spacial score (nSPS) is 18.0. The van der Waals surface area contributed by atoms with Crippen LogP contribution in [0.1, 0.15) is 18.6 Å². The van der Waals surface area contributed by atoms with E-state index >= 15 is 0 Å². The molecule has 0 spiro atoms. The minimum atomic E-state index is -0.232. The zero-order valence-corrected chi connectivity index (χ0v) is 15.7. The summed E-state index contributed by atoms with van der Waals surface area (Å²) in [6.45, 7) is 4.11. The summed E-state index contributed by atoms with van der Waals surface area (Å²) in [7, 11) is 0. The van der Waals surface area contributed by atoms with Gasteiger partial charge in [-0.25, -0.2) is 4.39 Å². The highest BCUT2D eigenvalue weighted by atomic mass is 19.1. The minimum absolute atomic E-state index is 0.232. The van der Waals surface area contributed by atoms with Gasteiger partial charge in [-0.15, -0.1) is 0 Å². The Balaban J connectivity index is 1.27. The van der Waals surface area contributed by atoms with Crippen LogP contribution in [-0.4, -0.2) is 41.9 Å². The predicted molar refractivity (Wildman–Crippen MR) is 106 cm³/mol. The summed E-state index contributed by atoms with van der Waals surface area (Å²) in [6, 6.07) is 14.7. The van der Waals surface area contributed by atoms with Gasteiger partial charge in [-0.3, -0.25) is 9.69 Å². The van der Waals surface area contributed by atoms with E-state index in [1.807, 2.05) is 29.2 Å². The average Bonchev–Trinajstić information content (AvgIpc) is 3.48. The van der Waals surface area contributed by atoms with Crippen LogP contribution >= 0.6 is 0 Å². The third kappa shape index (κ3) is 3.54. The Bertz CT molecular complexity index is 1020. The summed E-state index contributed by atoms with van der Waals surface area (Å²) in [5.41, 5.74) is 2.69. The van der Waals surface area contributed by atoms with Crippen molar-refractivity contribution >= 4 is 16.9 Å². The van der Waals surface area contributed by atoms with Gasteiger partial charge in [0.1, 0.15) is 17.2 Å². The molecule has 5 rings (SSSR count). The van der Waals surface area contributed by atoms with Crippen molar-refractivity contribution in [3.63, 3.8) is 0 Å². The predicted octanol–water partition coefficient (Wildman–Crippen LogP) is 4.29. The molecule has 1 aliphatic heterocycles. The summed E-state index contributed by atoms with van der Waals surface area (Å²) in [6.07, 6.45) is 2.13. The third-order valence-corrected chi connectivity index (χ3v) is 5.72. The topological polar surface area (TPSA) is 36.7 Å². The molecule has 0 bridgehead atoms. The molecule has 0 radical (unpaired) electrons. The zero-order valence-electron chi connectivity index (χ0n) is 15.7. The van der Waals surface area contributed by atoms with Crippen molar-refractivity contribution in [3.8, 4) is 11.1 Å². The van der Waals surface area contributed by atoms with Gasteiger partial charge in [0.15, 0.2) is 0 Å². The Hall–Kier alpha value is -2.66. The monoisotopic (exact) mass is 378 g/mol. The summed E-state index contributed by atoms with van der Waals surface area (Å²) in [4.78, 5) is 16.5. The summed E-state index contributed by atoms with van der Waals surface area (Å²) < 4.78 is 19.5. The van der Waals surface area contributed by atoms with Crippen LogP contribution in [0.2, 0.25) is 0 Å². The second-order valence-corrected chi connectivity index (χ2v) is 7.85. The first-order valence-electron chi connectivity index (χ1n) is 9.95. The number of fused-ring (bicyclic) bond motifs is 1. The van der Waals surface area contributed by atoms with E-state index in [2.05, 4.69) is 11.0 Å². The number of nitrogens with zero attached hydrogens (tertiary/aromatic N) is 2. The molecule has 2 heterocycles. The van der Waals surface area contributed by atoms with E-state index in [0.717, 1.165) is 73.4 Å². The van der Waals surface area contributed by atoms with Crippen molar-refractivity contribution in [1.82, 2.24) is 9.80 Å². The van der Waals surface area contributed by atoms with E-state index in [-0.39, 0.29) is 5.82 Å². The second-order valence-electron chi connectivity index (χ2n) is 7.85. The van der Waals surface area contributed by atoms with E-state index in [1.165, 1.54) is 6.07 Å². The lowest BCUT2D eigenvalue weighted by atomic mass is 10.0. The lowest BCUT2D eigenvalue weighted by Crippen LogP contribution is -2.48. The number of amides is 1. The third-order valence-electron chi connectivity index (χ3n) is 5.72. The Kier molecular flexibility index (Phi) is 4.40. The molecule has 1 saturated carbocycles. The number of furan rings is 1. The Labute approximate surface area is 163 Å². The fraction of sp³-hybridized carbons (Fsp3) is 0.348. The van der Waals surface area contributed by atoms with Crippen LogP contribution in [0.3, 0.4) is 0 Å². The number of hydrogen-bond acceptors (Lipinski definition) is 3. The number of benzene rings is 2. The smallest absolute Gasteiger partial charge is 0.225 e. The molecule has 2 fully saturated rings. The van der Waals surface area contributed by atoms with Gasteiger partial charge in [-0.1, -0.05) is 18.2 Å². The van der Waals surface area contributed by atoms with Crippen molar-refractivity contribution in [1.29, 1.82) is 0 Å². The molecular weight excluding hydrogens is 355 g/mol. The first-order chi connectivity index (χ1) is 13.7. The molecule has 1 aromatic heterocycles. The zero-order chi connectivity index (χ0) is 19.1. The highest BCUT2D eigenvalue weighted by molar-refractivity contribution is 5.84. The first-order valence-corrected chi connectivity index (χ1v) is 9.95. The van der Waals surface area contributed by atoms with Gasteiger partial charge in [0, 0.05) is 37.5 Å². The van der Waals surface area contributed by atoms with Crippen LogP contribution in [0, 0.1) is 11.7 Å². The number of hydrogen-bond donors (Lipinski definition) is 0. The van der Waals surface area contributed by atoms with Gasteiger partial charge in [-0.05, 0) is 54.3 Å². The summed E-state index contributed by atoms with van der Waals surface area (Å²) in [5, 5.41) is 1.03. The molecule has 4 nitrogen and oxygen atoms in total. The molecule has 144 valence electrons. The van der Waals surface area contributed by atoms with E-state index in [9.17, 15) is 9.18 Å². The molecule has 5 heteroatoms. The maximum absolute atomic E-state index is 13.5. The Morgan fingerprint density at radius 2 is 1.79 bits per heavy atom. The lowest BCUT2D eigenvalue weighted by Gasteiger charge is -2.34. The quantitative estimate of drug-likeness (QED) is 0.679. The van der Waals surface area contributed by atoms with Crippen LogP contribution in [0.5, 0.6) is 0 Å². The van der Waals surface area contributed by atoms with Gasteiger partial charge in [-0.2, -0.15) is 0 Å². The minimum Gasteiger partial charge on any atom is -0.460 e. The SMILES string of the molecule is O=C(C1CC1)N1CCN(Cc2cc3cc(-c4cccc(F)c4)ccc3o2)CC1. The van der Waals surface area contributed by atoms with Crippen LogP contribution in [0.4, 0.5) is 4.39 Å². The van der Waals surface area contributed by atoms with E-state index < -0.39 is 0 Å². The highest BCUT2D eigenvalue weighted by Gasteiger charge is 2.34. The number of halogens is 1. The van der Waals surface area contributed by atoms with Gasteiger partial charge in [0.2, 0.25) is 5.91 Å². The molecule has 3 aromatic rings. The van der Waals surface area contributed by atoms with Crippen molar-refractivity contribution in [3.05, 3.63) is 60.1 Å². The Morgan fingerprint density at radius 1 is 1.00 bits per heavy atom. The standard InChI is InChI=1S/C23H23FN2O2/c24-20-3-1-2-17(13-20)18-6-7-22-19(12-18)14-21(28-22)15-25-8-10-26(11-9-25)23(27)16-4-5-16/h1-3,6-7,12-14,16H,4-5,8-11,15H2.